The monoisotopic (exact) mass is 258 g/mol. The van der Waals surface area contributed by atoms with Crippen molar-refractivity contribution in [1.82, 2.24) is 10.3 Å². The third-order valence-electron chi connectivity index (χ3n) is 3.98. The van der Waals surface area contributed by atoms with Crippen molar-refractivity contribution >= 4 is 16.9 Å². The number of aliphatic carboxylic acids is 1. The molecule has 0 amide bonds. The summed E-state index contributed by atoms with van der Waals surface area (Å²) >= 11 is 0. The molecule has 2 atom stereocenters. The number of hydrogen-bond donors (Lipinski definition) is 3. The summed E-state index contributed by atoms with van der Waals surface area (Å²) < 4.78 is 0. The van der Waals surface area contributed by atoms with E-state index in [4.69, 9.17) is 0 Å². The number of carboxylic acid groups (broad SMARTS) is 1. The van der Waals surface area contributed by atoms with Crippen molar-refractivity contribution in [3.63, 3.8) is 0 Å². The van der Waals surface area contributed by atoms with Gasteiger partial charge < -0.3 is 10.1 Å². The van der Waals surface area contributed by atoms with Gasteiger partial charge in [0.1, 0.15) is 6.04 Å². The molecule has 0 bridgehead atoms. The average molecular weight is 258 g/mol. The highest BCUT2D eigenvalue weighted by Crippen LogP contribution is 2.33. The first kappa shape index (κ1) is 12.2. The zero-order chi connectivity index (χ0) is 13.7. The van der Waals surface area contributed by atoms with Crippen molar-refractivity contribution in [3.8, 4) is 0 Å². The van der Waals surface area contributed by atoms with Gasteiger partial charge in [0.15, 0.2) is 0 Å². The SMILES string of the molecule is Cc1cc(C)c2[nH]c3c(c2c1)CC(C(=O)O)NC3C. The van der Waals surface area contributed by atoms with E-state index in [1.807, 2.05) is 6.92 Å². The molecule has 1 aliphatic heterocycles. The van der Waals surface area contributed by atoms with Gasteiger partial charge in [-0.3, -0.25) is 10.1 Å². The number of nitrogens with one attached hydrogen (secondary N) is 2. The molecule has 0 saturated carbocycles. The Balaban J connectivity index is 2.23. The topological polar surface area (TPSA) is 65.1 Å². The van der Waals surface area contributed by atoms with Crippen molar-refractivity contribution in [2.45, 2.75) is 39.3 Å². The van der Waals surface area contributed by atoms with E-state index in [2.05, 4.69) is 36.3 Å². The molecule has 2 unspecified atom stereocenters. The number of rotatable bonds is 1. The lowest BCUT2D eigenvalue weighted by atomic mass is 9.94. The van der Waals surface area contributed by atoms with Crippen LogP contribution in [0.2, 0.25) is 0 Å². The Labute approximate surface area is 111 Å². The van der Waals surface area contributed by atoms with E-state index < -0.39 is 12.0 Å². The van der Waals surface area contributed by atoms with Gasteiger partial charge in [0.05, 0.1) is 0 Å². The molecule has 2 aromatic rings. The lowest BCUT2D eigenvalue weighted by Crippen LogP contribution is -2.43. The number of aromatic nitrogens is 1. The third kappa shape index (κ3) is 1.83. The van der Waals surface area contributed by atoms with Gasteiger partial charge in [-0.1, -0.05) is 11.6 Å². The van der Waals surface area contributed by atoms with Gasteiger partial charge in [-0.2, -0.15) is 0 Å². The van der Waals surface area contributed by atoms with E-state index in [0.717, 1.165) is 16.8 Å². The van der Waals surface area contributed by atoms with Crippen LogP contribution in [0.15, 0.2) is 12.1 Å². The molecule has 0 radical (unpaired) electrons. The molecule has 0 fully saturated rings. The highest BCUT2D eigenvalue weighted by atomic mass is 16.4. The largest absolute Gasteiger partial charge is 0.480 e. The number of aryl methyl sites for hydroxylation is 2. The second-order valence-electron chi connectivity index (χ2n) is 5.50. The summed E-state index contributed by atoms with van der Waals surface area (Å²) in [4.78, 5) is 14.7. The maximum Gasteiger partial charge on any atom is 0.321 e. The number of fused-ring (bicyclic) bond motifs is 3. The van der Waals surface area contributed by atoms with Crippen LogP contribution in [0.3, 0.4) is 0 Å². The van der Waals surface area contributed by atoms with Gasteiger partial charge in [-0.25, -0.2) is 0 Å². The summed E-state index contributed by atoms with van der Waals surface area (Å²) in [7, 11) is 0. The first-order valence-corrected chi connectivity index (χ1v) is 6.58. The van der Waals surface area contributed by atoms with Gasteiger partial charge in [-0.05, 0) is 38.0 Å². The predicted octanol–water partition coefficient (Wildman–Crippen LogP) is 2.44. The van der Waals surface area contributed by atoms with Crippen molar-refractivity contribution < 1.29 is 9.90 Å². The summed E-state index contributed by atoms with van der Waals surface area (Å²) in [6, 6.07) is 3.84. The van der Waals surface area contributed by atoms with Crippen molar-refractivity contribution in [2.75, 3.05) is 0 Å². The summed E-state index contributed by atoms with van der Waals surface area (Å²) in [5, 5.41) is 13.5. The molecular formula is C15H18N2O2. The minimum Gasteiger partial charge on any atom is -0.480 e. The molecule has 4 nitrogen and oxygen atoms in total. The number of carbonyl (C=O) groups is 1. The highest BCUT2D eigenvalue weighted by Gasteiger charge is 2.30. The van der Waals surface area contributed by atoms with Gasteiger partial charge >= 0.3 is 5.97 Å². The normalized spacial score (nSPS) is 22.5. The van der Waals surface area contributed by atoms with E-state index in [0.29, 0.717) is 6.42 Å². The second-order valence-corrected chi connectivity index (χ2v) is 5.50. The maximum atomic E-state index is 11.2. The molecule has 3 N–H and O–H groups in total. The molecular weight excluding hydrogens is 240 g/mol. The van der Waals surface area contributed by atoms with Gasteiger partial charge in [0, 0.05) is 29.1 Å². The van der Waals surface area contributed by atoms with Crippen LogP contribution in [-0.2, 0) is 11.2 Å². The summed E-state index contributed by atoms with van der Waals surface area (Å²) in [6.07, 6.45) is 0.540. The minimum absolute atomic E-state index is 0.0388. The molecule has 100 valence electrons. The maximum absolute atomic E-state index is 11.2. The predicted molar refractivity (Wildman–Crippen MR) is 74.5 cm³/mol. The van der Waals surface area contributed by atoms with Gasteiger partial charge in [-0.15, -0.1) is 0 Å². The minimum atomic E-state index is -0.781. The van der Waals surface area contributed by atoms with Crippen LogP contribution in [0, 0.1) is 13.8 Å². The van der Waals surface area contributed by atoms with E-state index in [1.54, 1.807) is 0 Å². The fourth-order valence-electron chi connectivity index (χ4n) is 3.12. The van der Waals surface area contributed by atoms with E-state index >= 15 is 0 Å². The lowest BCUT2D eigenvalue weighted by molar-refractivity contribution is -0.139. The van der Waals surface area contributed by atoms with Crippen molar-refractivity contribution in [3.05, 3.63) is 34.5 Å². The van der Waals surface area contributed by atoms with Crippen molar-refractivity contribution in [1.29, 1.82) is 0 Å². The Morgan fingerprint density at radius 3 is 2.79 bits per heavy atom. The second kappa shape index (κ2) is 4.10. The molecule has 3 rings (SSSR count). The smallest absolute Gasteiger partial charge is 0.321 e. The third-order valence-corrected chi connectivity index (χ3v) is 3.98. The highest BCUT2D eigenvalue weighted by molar-refractivity contribution is 5.89. The zero-order valence-electron chi connectivity index (χ0n) is 11.4. The van der Waals surface area contributed by atoms with Crippen molar-refractivity contribution in [2.24, 2.45) is 0 Å². The zero-order valence-corrected chi connectivity index (χ0v) is 11.4. The molecule has 1 aliphatic rings. The Morgan fingerprint density at radius 2 is 2.11 bits per heavy atom. The number of benzene rings is 1. The van der Waals surface area contributed by atoms with Crippen LogP contribution in [0.25, 0.3) is 10.9 Å². The Bertz CT molecular complexity index is 672. The number of carboxylic acids is 1. The lowest BCUT2D eigenvalue weighted by Gasteiger charge is -2.26. The fraction of sp³-hybridized carbons (Fsp3) is 0.400. The molecule has 0 saturated heterocycles. The summed E-state index contributed by atoms with van der Waals surface area (Å²) in [6.45, 7) is 6.17. The standard InChI is InChI=1S/C15H18N2O2/c1-7-4-8(2)13-10(5-7)11-6-12(15(18)19)16-9(3)14(11)17-13/h4-5,9,12,16-17H,6H2,1-3H3,(H,18,19). The number of aromatic amines is 1. The quantitative estimate of drug-likeness (QED) is 0.736. The number of H-pyrrole nitrogens is 1. The van der Waals surface area contributed by atoms with Crippen LogP contribution in [-0.4, -0.2) is 22.1 Å². The Hall–Kier alpha value is -1.81. The van der Waals surface area contributed by atoms with E-state index in [1.165, 1.54) is 16.5 Å². The first-order valence-electron chi connectivity index (χ1n) is 6.58. The molecule has 1 aromatic carbocycles. The summed E-state index contributed by atoms with van der Waals surface area (Å²) in [5.74, 6) is -0.781. The molecule has 1 aromatic heterocycles. The fourth-order valence-corrected chi connectivity index (χ4v) is 3.12. The molecule has 4 heteroatoms. The average Bonchev–Trinajstić information content (AvgIpc) is 2.69. The molecule has 2 heterocycles. The summed E-state index contributed by atoms with van der Waals surface area (Å²) in [5.41, 5.74) is 5.84. The first-order chi connectivity index (χ1) is 8.97. The van der Waals surface area contributed by atoms with Gasteiger partial charge in [0.2, 0.25) is 0 Å². The van der Waals surface area contributed by atoms with Gasteiger partial charge in [0.25, 0.3) is 0 Å². The van der Waals surface area contributed by atoms with Crippen LogP contribution < -0.4 is 5.32 Å². The van der Waals surface area contributed by atoms with Crippen LogP contribution in [0.5, 0.6) is 0 Å². The number of hydrogen-bond acceptors (Lipinski definition) is 2. The van der Waals surface area contributed by atoms with Crippen LogP contribution >= 0.6 is 0 Å². The Kier molecular flexibility index (Phi) is 2.64. The van der Waals surface area contributed by atoms with Crippen LogP contribution in [0.1, 0.15) is 35.3 Å². The van der Waals surface area contributed by atoms with Crippen LogP contribution in [0.4, 0.5) is 0 Å². The Morgan fingerprint density at radius 1 is 1.37 bits per heavy atom. The molecule has 0 aliphatic carbocycles. The van der Waals surface area contributed by atoms with E-state index in [-0.39, 0.29) is 6.04 Å². The molecule has 0 spiro atoms. The molecule has 19 heavy (non-hydrogen) atoms. The van der Waals surface area contributed by atoms with E-state index in [9.17, 15) is 9.90 Å².